The van der Waals surface area contributed by atoms with Gasteiger partial charge in [0.05, 0.1) is 12.9 Å². The SMILES string of the molecule is C=CCNC(=O)Cn1c(=O)c2c(ncn2Cc2ccccc2)n(Cc2ccccc2)c1=O. The van der Waals surface area contributed by atoms with Crippen LogP contribution < -0.4 is 16.6 Å². The number of carbonyl (C=O) groups excluding carboxylic acids is 1. The largest absolute Gasteiger partial charge is 0.351 e. The molecule has 2 heterocycles. The third-order valence-electron chi connectivity index (χ3n) is 5.11. The predicted octanol–water partition coefficient (Wildman–Crippen LogP) is 1.76. The quantitative estimate of drug-likeness (QED) is 0.432. The third kappa shape index (κ3) is 4.29. The van der Waals surface area contributed by atoms with E-state index in [4.69, 9.17) is 0 Å². The standard InChI is InChI=1S/C24H23N5O3/c1-2-13-25-20(30)16-29-23(31)21-22(26-17-27(21)14-18-9-5-3-6-10-18)28(24(29)32)15-19-11-7-4-8-12-19/h2-12,17H,1,13-16H2,(H,25,30). The maximum Gasteiger partial charge on any atom is 0.333 e. The summed E-state index contributed by atoms with van der Waals surface area (Å²) in [4.78, 5) is 43.3. The highest BCUT2D eigenvalue weighted by Crippen LogP contribution is 2.12. The molecule has 0 unspecified atom stereocenters. The van der Waals surface area contributed by atoms with Gasteiger partial charge in [0.15, 0.2) is 11.2 Å². The molecule has 1 N–H and O–H groups in total. The van der Waals surface area contributed by atoms with E-state index in [1.165, 1.54) is 10.6 Å². The van der Waals surface area contributed by atoms with Crippen molar-refractivity contribution in [1.82, 2.24) is 24.0 Å². The van der Waals surface area contributed by atoms with Crippen molar-refractivity contribution >= 4 is 17.1 Å². The zero-order valence-electron chi connectivity index (χ0n) is 17.5. The summed E-state index contributed by atoms with van der Waals surface area (Å²) in [5.41, 5.74) is 1.32. The Labute approximate surface area is 184 Å². The lowest BCUT2D eigenvalue weighted by atomic mass is 10.2. The molecule has 1 amide bonds. The molecule has 0 spiro atoms. The lowest BCUT2D eigenvalue weighted by molar-refractivity contribution is -0.121. The Hall–Kier alpha value is -4.20. The number of fused-ring (bicyclic) bond motifs is 1. The van der Waals surface area contributed by atoms with Crippen LogP contribution in [0.2, 0.25) is 0 Å². The molecule has 4 rings (SSSR count). The Kier molecular flexibility index (Phi) is 6.12. The predicted molar refractivity (Wildman–Crippen MR) is 123 cm³/mol. The molecule has 0 saturated carbocycles. The van der Waals surface area contributed by atoms with E-state index in [9.17, 15) is 14.4 Å². The zero-order chi connectivity index (χ0) is 22.5. The number of nitrogens with one attached hydrogen (secondary N) is 1. The number of rotatable bonds is 8. The lowest BCUT2D eigenvalue weighted by Gasteiger charge is -2.13. The fraction of sp³-hybridized carbons (Fsp3) is 0.167. The molecule has 0 aliphatic rings. The zero-order valence-corrected chi connectivity index (χ0v) is 17.5. The fourth-order valence-electron chi connectivity index (χ4n) is 3.57. The summed E-state index contributed by atoms with van der Waals surface area (Å²) >= 11 is 0. The summed E-state index contributed by atoms with van der Waals surface area (Å²) in [6, 6.07) is 19.1. The topological polar surface area (TPSA) is 90.9 Å². The molecule has 8 nitrogen and oxygen atoms in total. The maximum absolute atomic E-state index is 13.3. The first kappa shape index (κ1) is 21.0. The van der Waals surface area contributed by atoms with Crippen molar-refractivity contribution in [2.45, 2.75) is 19.6 Å². The Morgan fingerprint density at radius 1 is 0.938 bits per heavy atom. The molecular weight excluding hydrogens is 406 g/mol. The van der Waals surface area contributed by atoms with Gasteiger partial charge in [-0.3, -0.25) is 14.2 Å². The molecule has 8 heteroatoms. The number of benzene rings is 2. The van der Waals surface area contributed by atoms with Crippen molar-refractivity contribution in [1.29, 1.82) is 0 Å². The second-order valence-electron chi connectivity index (χ2n) is 7.37. The maximum atomic E-state index is 13.3. The van der Waals surface area contributed by atoms with E-state index in [0.717, 1.165) is 15.7 Å². The van der Waals surface area contributed by atoms with E-state index >= 15 is 0 Å². The molecule has 0 atom stereocenters. The van der Waals surface area contributed by atoms with Gasteiger partial charge in [-0.05, 0) is 11.1 Å². The summed E-state index contributed by atoms with van der Waals surface area (Å²) in [6.45, 7) is 4.07. The number of hydrogen-bond donors (Lipinski definition) is 1. The van der Waals surface area contributed by atoms with Crippen LogP contribution in [0.4, 0.5) is 0 Å². The number of aromatic nitrogens is 4. The molecule has 0 fully saturated rings. The molecule has 0 aliphatic heterocycles. The molecule has 0 bridgehead atoms. The van der Waals surface area contributed by atoms with Gasteiger partial charge in [0.25, 0.3) is 5.56 Å². The highest BCUT2D eigenvalue weighted by Gasteiger charge is 2.20. The van der Waals surface area contributed by atoms with Crippen molar-refractivity contribution in [3.63, 3.8) is 0 Å². The van der Waals surface area contributed by atoms with E-state index < -0.39 is 17.2 Å². The van der Waals surface area contributed by atoms with Crippen molar-refractivity contribution < 1.29 is 4.79 Å². The fourth-order valence-corrected chi connectivity index (χ4v) is 3.57. The normalized spacial score (nSPS) is 10.9. The van der Waals surface area contributed by atoms with Crippen LogP contribution in [0.25, 0.3) is 11.2 Å². The first-order chi connectivity index (χ1) is 15.6. The highest BCUT2D eigenvalue weighted by atomic mass is 16.2. The van der Waals surface area contributed by atoms with E-state index in [1.54, 1.807) is 10.9 Å². The van der Waals surface area contributed by atoms with E-state index in [1.807, 2.05) is 60.7 Å². The van der Waals surface area contributed by atoms with Crippen LogP contribution in [0.5, 0.6) is 0 Å². The highest BCUT2D eigenvalue weighted by molar-refractivity contribution is 5.76. The van der Waals surface area contributed by atoms with Crippen molar-refractivity contribution in [3.05, 3.63) is 112 Å². The van der Waals surface area contributed by atoms with Crippen LogP contribution in [0.3, 0.4) is 0 Å². The van der Waals surface area contributed by atoms with Crippen LogP contribution in [-0.4, -0.2) is 31.1 Å². The second-order valence-corrected chi connectivity index (χ2v) is 7.37. The van der Waals surface area contributed by atoms with Gasteiger partial charge in [-0.1, -0.05) is 66.7 Å². The second kappa shape index (κ2) is 9.30. The minimum Gasteiger partial charge on any atom is -0.351 e. The summed E-state index contributed by atoms with van der Waals surface area (Å²) in [5, 5.41) is 2.61. The third-order valence-corrected chi connectivity index (χ3v) is 5.11. The number of imidazole rings is 1. The molecule has 32 heavy (non-hydrogen) atoms. The molecule has 0 radical (unpaired) electrons. The number of nitrogens with zero attached hydrogens (tertiary/aromatic N) is 4. The number of amides is 1. The smallest absolute Gasteiger partial charge is 0.333 e. The first-order valence-corrected chi connectivity index (χ1v) is 10.2. The van der Waals surface area contributed by atoms with E-state index in [0.29, 0.717) is 12.2 Å². The van der Waals surface area contributed by atoms with E-state index in [-0.39, 0.29) is 25.2 Å². The summed E-state index contributed by atoms with van der Waals surface area (Å²) in [6.07, 6.45) is 3.09. The minimum atomic E-state index is -0.579. The van der Waals surface area contributed by atoms with Crippen molar-refractivity contribution in [3.8, 4) is 0 Å². The van der Waals surface area contributed by atoms with Gasteiger partial charge in [0.1, 0.15) is 6.54 Å². The van der Waals surface area contributed by atoms with Crippen LogP contribution in [0, 0.1) is 0 Å². The number of hydrogen-bond acceptors (Lipinski definition) is 4. The lowest BCUT2D eigenvalue weighted by Crippen LogP contribution is -2.44. The average molecular weight is 429 g/mol. The average Bonchev–Trinajstić information content (AvgIpc) is 3.23. The van der Waals surface area contributed by atoms with Gasteiger partial charge in [0.2, 0.25) is 5.91 Å². The molecule has 162 valence electrons. The molecular formula is C24H23N5O3. The minimum absolute atomic E-state index is 0.229. The monoisotopic (exact) mass is 429 g/mol. The van der Waals surface area contributed by atoms with Gasteiger partial charge in [-0.2, -0.15) is 0 Å². The molecule has 4 aromatic rings. The van der Waals surface area contributed by atoms with Gasteiger partial charge >= 0.3 is 5.69 Å². The molecule has 0 saturated heterocycles. The van der Waals surface area contributed by atoms with Gasteiger partial charge in [0, 0.05) is 13.1 Å². The summed E-state index contributed by atoms with van der Waals surface area (Å²) in [7, 11) is 0. The van der Waals surface area contributed by atoms with Gasteiger partial charge < -0.3 is 9.88 Å². The van der Waals surface area contributed by atoms with Crippen LogP contribution >= 0.6 is 0 Å². The van der Waals surface area contributed by atoms with Crippen LogP contribution in [0.1, 0.15) is 11.1 Å². The van der Waals surface area contributed by atoms with Crippen molar-refractivity contribution in [2.75, 3.05) is 6.54 Å². The Bertz CT molecular complexity index is 1370. The van der Waals surface area contributed by atoms with E-state index in [2.05, 4.69) is 16.9 Å². The molecule has 2 aromatic heterocycles. The van der Waals surface area contributed by atoms with Crippen LogP contribution in [0.15, 0.2) is 89.2 Å². The first-order valence-electron chi connectivity index (χ1n) is 10.2. The number of carbonyl (C=O) groups is 1. The van der Waals surface area contributed by atoms with Gasteiger partial charge in [-0.25, -0.2) is 14.3 Å². The Morgan fingerprint density at radius 3 is 2.19 bits per heavy atom. The molecule has 2 aromatic carbocycles. The van der Waals surface area contributed by atoms with Crippen molar-refractivity contribution in [2.24, 2.45) is 0 Å². The summed E-state index contributed by atoms with van der Waals surface area (Å²) in [5.74, 6) is -0.441. The molecule has 0 aliphatic carbocycles. The Morgan fingerprint density at radius 2 is 1.56 bits per heavy atom. The summed E-state index contributed by atoms with van der Waals surface area (Å²) < 4.78 is 4.12. The van der Waals surface area contributed by atoms with Gasteiger partial charge in [-0.15, -0.1) is 6.58 Å². The van der Waals surface area contributed by atoms with Crippen LogP contribution in [-0.2, 0) is 24.4 Å². The Balaban J connectivity index is 1.86.